The number of aromatic nitrogens is 3. The number of piperazine rings is 1. The van der Waals surface area contributed by atoms with Crippen LogP contribution in [0.1, 0.15) is 5.56 Å². The van der Waals surface area contributed by atoms with E-state index in [1.807, 2.05) is 0 Å². The molecule has 3 heterocycles. The maximum absolute atomic E-state index is 5.38. The number of hydrogen-bond donors (Lipinski definition) is 1. The van der Waals surface area contributed by atoms with Crippen LogP contribution in [-0.2, 0) is 4.74 Å². The maximum atomic E-state index is 5.38. The molecule has 0 aliphatic carbocycles. The van der Waals surface area contributed by atoms with Gasteiger partial charge in [0.15, 0.2) is 5.82 Å². The Morgan fingerprint density at radius 3 is 2.61 bits per heavy atom. The molecule has 2 aromatic rings. The van der Waals surface area contributed by atoms with Gasteiger partial charge in [0.2, 0.25) is 5.95 Å². The van der Waals surface area contributed by atoms with E-state index in [0.717, 1.165) is 71.4 Å². The third-order valence-electron chi connectivity index (χ3n) is 5.33. The number of aryl methyl sites for hydroxylation is 1. The van der Waals surface area contributed by atoms with Gasteiger partial charge in [-0.15, -0.1) is 5.10 Å². The van der Waals surface area contributed by atoms with Crippen LogP contribution in [0, 0.1) is 6.92 Å². The van der Waals surface area contributed by atoms with Gasteiger partial charge in [-0.1, -0.05) is 12.1 Å². The van der Waals surface area contributed by atoms with Crippen LogP contribution in [0.3, 0.4) is 0 Å². The Morgan fingerprint density at radius 2 is 1.82 bits per heavy atom. The molecule has 1 aromatic carbocycles. The van der Waals surface area contributed by atoms with E-state index in [4.69, 9.17) is 4.74 Å². The largest absolute Gasteiger partial charge is 0.379 e. The van der Waals surface area contributed by atoms with Crippen molar-refractivity contribution in [1.29, 1.82) is 0 Å². The summed E-state index contributed by atoms with van der Waals surface area (Å²) in [4.78, 5) is 11.8. The summed E-state index contributed by atoms with van der Waals surface area (Å²) >= 11 is 0. The van der Waals surface area contributed by atoms with Gasteiger partial charge in [0.05, 0.1) is 19.4 Å². The lowest BCUT2D eigenvalue weighted by molar-refractivity contribution is 0.0398. The van der Waals surface area contributed by atoms with Gasteiger partial charge < -0.3 is 19.9 Å². The molecule has 2 fully saturated rings. The minimum atomic E-state index is 0.604. The fraction of sp³-hybridized carbons (Fsp3) is 0.550. The average molecular weight is 384 g/mol. The standard InChI is InChI=1S/C20H29N7O/c1-17-3-2-4-18(15-17)26-7-9-27(10-8-26)19-16-22-24-20(23-19)21-5-6-25-11-13-28-14-12-25/h2-4,15-16H,5-14H2,1H3,(H,21,23,24). The minimum Gasteiger partial charge on any atom is -0.379 e. The van der Waals surface area contributed by atoms with Crippen molar-refractivity contribution in [2.45, 2.75) is 6.92 Å². The number of rotatable bonds is 6. The zero-order chi connectivity index (χ0) is 19.2. The van der Waals surface area contributed by atoms with Crippen molar-refractivity contribution >= 4 is 17.5 Å². The molecule has 1 aromatic heterocycles. The second-order valence-corrected chi connectivity index (χ2v) is 7.33. The number of hydrogen-bond acceptors (Lipinski definition) is 8. The molecule has 8 heteroatoms. The quantitative estimate of drug-likeness (QED) is 0.799. The first-order valence-corrected chi connectivity index (χ1v) is 10.1. The number of ether oxygens (including phenoxy) is 1. The van der Waals surface area contributed by atoms with Crippen molar-refractivity contribution < 1.29 is 4.74 Å². The molecule has 0 atom stereocenters. The number of nitrogens with zero attached hydrogens (tertiary/aromatic N) is 6. The molecule has 0 bridgehead atoms. The Hall–Kier alpha value is -2.45. The zero-order valence-corrected chi connectivity index (χ0v) is 16.5. The first kappa shape index (κ1) is 18.9. The highest BCUT2D eigenvalue weighted by Gasteiger charge is 2.19. The van der Waals surface area contributed by atoms with Gasteiger partial charge in [0, 0.05) is 58.0 Å². The highest BCUT2D eigenvalue weighted by atomic mass is 16.5. The molecule has 2 aliphatic heterocycles. The van der Waals surface area contributed by atoms with Gasteiger partial charge in [-0.25, -0.2) is 0 Å². The van der Waals surface area contributed by atoms with Crippen molar-refractivity contribution in [2.24, 2.45) is 0 Å². The lowest BCUT2D eigenvalue weighted by Gasteiger charge is -2.36. The van der Waals surface area contributed by atoms with E-state index in [-0.39, 0.29) is 0 Å². The summed E-state index contributed by atoms with van der Waals surface area (Å²) in [6, 6.07) is 8.70. The summed E-state index contributed by atoms with van der Waals surface area (Å²) in [5, 5.41) is 11.6. The van der Waals surface area contributed by atoms with Gasteiger partial charge in [0.1, 0.15) is 0 Å². The lowest BCUT2D eigenvalue weighted by atomic mass is 10.2. The Balaban J connectivity index is 1.28. The second kappa shape index (κ2) is 9.16. The Bertz CT molecular complexity index is 758. The fourth-order valence-electron chi connectivity index (χ4n) is 3.69. The summed E-state index contributed by atoms with van der Waals surface area (Å²) in [7, 11) is 0. The van der Waals surface area contributed by atoms with E-state index in [0.29, 0.717) is 5.95 Å². The van der Waals surface area contributed by atoms with Crippen molar-refractivity contribution in [2.75, 3.05) is 80.7 Å². The van der Waals surface area contributed by atoms with E-state index in [2.05, 4.69) is 66.4 Å². The van der Waals surface area contributed by atoms with Crippen LogP contribution >= 0.6 is 0 Å². The number of nitrogens with one attached hydrogen (secondary N) is 1. The Kier molecular flexibility index (Phi) is 6.18. The molecule has 0 unspecified atom stereocenters. The predicted molar refractivity (Wildman–Crippen MR) is 111 cm³/mol. The lowest BCUT2D eigenvalue weighted by Crippen LogP contribution is -2.47. The van der Waals surface area contributed by atoms with Gasteiger partial charge in [-0.2, -0.15) is 10.1 Å². The predicted octanol–water partition coefficient (Wildman–Crippen LogP) is 1.25. The first-order valence-electron chi connectivity index (χ1n) is 10.1. The first-order chi connectivity index (χ1) is 13.8. The van der Waals surface area contributed by atoms with Crippen LogP contribution in [-0.4, -0.2) is 85.7 Å². The molecule has 2 aliphatic rings. The third kappa shape index (κ3) is 4.88. The number of anilines is 3. The molecule has 0 spiro atoms. The van der Waals surface area contributed by atoms with E-state index < -0.39 is 0 Å². The van der Waals surface area contributed by atoms with Crippen molar-refractivity contribution in [3.63, 3.8) is 0 Å². The van der Waals surface area contributed by atoms with Gasteiger partial charge in [0.25, 0.3) is 0 Å². The summed E-state index contributed by atoms with van der Waals surface area (Å²) < 4.78 is 5.38. The average Bonchev–Trinajstić information content (AvgIpc) is 2.75. The van der Waals surface area contributed by atoms with Gasteiger partial charge in [-0.05, 0) is 24.6 Å². The van der Waals surface area contributed by atoms with E-state index in [9.17, 15) is 0 Å². The monoisotopic (exact) mass is 383 g/mol. The summed E-state index contributed by atoms with van der Waals surface area (Å²) in [6.07, 6.45) is 1.76. The van der Waals surface area contributed by atoms with Crippen LogP contribution in [0.25, 0.3) is 0 Å². The molecule has 0 radical (unpaired) electrons. The summed E-state index contributed by atoms with van der Waals surface area (Å²) in [5.74, 6) is 1.50. The smallest absolute Gasteiger partial charge is 0.244 e. The molecule has 2 saturated heterocycles. The molecule has 150 valence electrons. The van der Waals surface area contributed by atoms with Crippen molar-refractivity contribution in [3.8, 4) is 0 Å². The zero-order valence-electron chi connectivity index (χ0n) is 16.5. The van der Waals surface area contributed by atoms with Gasteiger partial charge in [-0.3, -0.25) is 4.90 Å². The van der Waals surface area contributed by atoms with E-state index in [1.54, 1.807) is 6.20 Å². The summed E-state index contributed by atoms with van der Waals surface area (Å²) in [5.41, 5.74) is 2.60. The van der Waals surface area contributed by atoms with Crippen LogP contribution in [0.2, 0.25) is 0 Å². The molecule has 0 amide bonds. The molecular weight excluding hydrogens is 354 g/mol. The normalized spacial score (nSPS) is 18.3. The van der Waals surface area contributed by atoms with Crippen molar-refractivity contribution in [3.05, 3.63) is 36.0 Å². The van der Waals surface area contributed by atoms with Crippen LogP contribution in [0.15, 0.2) is 30.5 Å². The van der Waals surface area contributed by atoms with Crippen LogP contribution < -0.4 is 15.1 Å². The number of morpholine rings is 1. The summed E-state index contributed by atoms with van der Waals surface area (Å²) in [6.45, 7) is 11.4. The topological polar surface area (TPSA) is 69.7 Å². The molecule has 8 nitrogen and oxygen atoms in total. The SMILES string of the molecule is Cc1cccc(N2CCN(c3cnnc(NCCN4CCOCC4)n3)CC2)c1. The molecule has 1 N–H and O–H groups in total. The van der Waals surface area contributed by atoms with Crippen LogP contribution in [0.5, 0.6) is 0 Å². The van der Waals surface area contributed by atoms with E-state index >= 15 is 0 Å². The molecular formula is C20H29N7O. The van der Waals surface area contributed by atoms with Crippen LogP contribution in [0.4, 0.5) is 17.5 Å². The fourth-order valence-corrected chi connectivity index (χ4v) is 3.69. The minimum absolute atomic E-state index is 0.604. The third-order valence-corrected chi connectivity index (χ3v) is 5.33. The molecule has 28 heavy (non-hydrogen) atoms. The maximum Gasteiger partial charge on any atom is 0.244 e. The number of benzene rings is 1. The van der Waals surface area contributed by atoms with Gasteiger partial charge >= 0.3 is 0 Å². The highest BCUT2D eigenvalue weighted by molar-refractivity contribution is 5.51. The Morgan fingerprint density at radius 1 is 1.04 bits per heavy atom. The second-order valence-electron chi connectivity index (χ2n) is 7.33. The molecule has 4 rings (SSSR count). The molecule has 0 saturated carbocycles. The van der Waals surface area contributed by atoms with E-state index in [1.165, 1.54) is 11.3 Å². The van der Waals surface area contributed by atoms with Crippen molar-refractivity contribution in [1.82, 2.24) is 20.1 Å². The highest BCUT2D eigenvalue weighted by Crippen LogP contribution is 2.20. The Labute approximate surface area is 166 Å².